The number of carbonyl (C=O) groups is 2. The normalized spacial score (nSPS) is 22.3. The number of anilines is 1. The van der Waals surface area contributed by atoms with Gasteiger partial charge in [-0.15, -0.1) is 0 Å². The molecule has 1 N–H and O–H groups in total. The third kappa shape index (κ3) is 4.22. The van der Waals surface area contributed by atoms with Crippen LogP contribution in [0.3, 0.4) is 0 Å². The SMILES string of the molecule is CC(C)(C)OC(=O)N1CCCC(C)(C(=O)Nc2ccsc2)C1. The molecule has 0 saturated carbocycles. The van der Waals surface area contributed by atoms with Gasteiger partial charge in [0.25, 0.3) is 0 Å². The molecule has 1 aromatic rings. The van der Waals surface area contributed by atoms with Crippen molar-refractivity contribution in [3.05, 3.63) is 16.8 Å². The van der Waals surface area contributed by atoms with E-state index in [1.54, 1.807) is 4.90 Å². The number of piperidine rings is 1. The third-order valence-corrected chi connectivity index (χ3v) is 4.36. The highest BCUT2D eigenvalue weighted by Crippen LogP contribution is 2.32. The summed E-state index contributed by atoms with van der Waals surface area (Å²) in [7, 11) is 0. The zero-order valence-corrected chi connectivity index (χ0v) is 14.5. The highest BCUT2D eigenvalue weighted by molar-refractivity contribution is 7.08. The van der Waals surface area contributed by atoms with E-state index in [0.29, 0.717) is 13.1 Å². The minimum Gasteiger partial charge on any atom is -0.444 e. The lowest BCUT2D eigenvalue weighted by atomic mass is 9.81. The number of nitrogens with one attached hydrogen (secondary N) is 1. The maximum absolute atomic E-state index is 12.6. The lowest BCUT2D eigenvalue weighted by Crippen LogP contribution is -2.51. The van der Waals surface area contributed by atoms with Crippen LogP contribution in [0.2, 0.25) is 0 Å². The van der Waals surface area contributed by atoms with Gasteiger partial charge in [-0.05, 0) is 52.0 Å². The zero-order valence-electron chi connectivity index (χ0n) is 13.6. The van der Waals surface area contributed by atoms with Crippen LogP contribution in [0.25, 0.3) is 0 Å². The van der Waals surface area contributed by atoms with Gasteiger partial charge >= 0.3 is 6.09 Å². The number of hydrogen-bond donors (Lipinski definition) is 1. The molecule has 0 aromatic carbocycles. The first-order valence-electron chi connectivity index (χ1n) is 7.51. The summed E-state index contributed by atoms with van der Waals surface area (Å²) in [5.74, 6) is -0.0424. The first kappa shape index (κ1) is 16.8. The molecule has 122 valence electrons. The molecule has 1 saturated heterocycles. The van der Waals surface area contributed by atoms with E-state index in [-0.39, 0.29) is 12.0 Å². The molecule has 2 amide bonds. The molecule has 6 heteroatoms. The van der Waals surface area contributed by atoms with Crippen molar-refractivity contribution in [3.63, 3.8) is 0 Å². The van der Waals surface area contributed by atoms with Gasteiger partial charge in [-0.1, -0.05) is 0 Å². The van der Waals surface area contributed by atoms with Crippen molar-refractivity contribution < 1.29 is 14.3 Å². The monoisotopic (exact) mass is 324 g/mol. The number of likely N-dealkylation sites (tertiary alicyclic amines) is 1. The summed E-state index contributed by atoms with van der Waals surface area (Å²) in [6, 6.07) is 1.88. The quantitative estimate of drug-likeness (QED) is 0.902. The lowest BCUT2D eigenvalue weighted by molar-refractivity contribution is -0.127. The molecule has 0 aliphatic carbocycles. The molecule has 1 aliphatic heterocycles. The van der Waals surface area contributed by atoms with Crippen molar-refractivity contribution >= 4 is 29.0 Å². The Labute approximate surface area is 135 Å². The molecule has 5 nitrogen and oxygen atoms in total. The van der Waals surface area contributed by atoms with Crippen molar-refractivity contribution in [1.82, 2.24) is 4.90 Å². The molecule has 2 rings (SSSR count). The number of amides is 2. The van der Waals surface area contributed by atoms with Crippen LogP contribution in [0.4, 0.5) is 10.5 Å². The largest absolute Gasteiger partial charge is 0.444 e. The topological polar surface area (TPSA) is 58.6 Å². The average Bonchev–Trinajstić information content (AvgIpc) is 2.89. The van der Waals surface area contributed by atoms with Crippen LogP contribution in [0, 0.1) is 5.41 Å². The van der Waals surface area contributed by atoms with Gasteiger partial charge < -0.3 is 15.0 Å². The summed E-state index contributed by atoms with van der Waals surface area (Å²) in [4.78, 5) is 26.4. The highest BCUT2D eigenvalue weighted by Gasteiger charge is 2.40. The standard InChI is InChI=1S/C16H24N2O3S/c1-15(2,3)21-14(20)18-8-5-7-16(4,11-18)13(19)17-12-6-9-22-10-12/h6,9-10H,5,7-8,11H2,1-4H3,(H,17,19). The Hall–Kier alpha value is -1.56. The van der Waals surface area contributed by atoms with Gasteiger partial charge in [0.2, 0.25) is 5.91 Å². The van der Waals surface area contributed by atoms with E-state index in [1.165, 1.54) is 11.3 Å². The molecule has 2 heterocycles. The van der Waals surface area contributed by atoms with Gasteiger partial charge in [-0.2, -0.15) is 11.3 Å². The highest BCUT2D eigenvalue weighted by atomic mass is 32.1. The summed E-state index contributed by atoms with van der Waals surface area (Å²) < 4.78 is 5.41. The zero-order chi connectivity index (χ0) is 16.4. The van der Waals surface area contributed by atoms with Crippen molar-refractivity contribution in [2.45, 2.75) is 46.1 Å². The van der Waals surface area contributed by atoms with Gasteiger partial charge in [-0.3, -0.25) is 4.79 Å². The minimum absolute atomic E-state index is 0.0424. The van der Waals surface area contributed by atoms with E-state index >= 15 is 0 Å². The maximum Gasteiger partial charge on any atom is 0.410 e. The van der Waals surface area contributed by atoms with Crippen LogP contribution in [0.5, 0.6) is 0 Å². The number of hydrogen-bond acceptors (Lipinski definition) is 4. The number of thiophene rings is 1. The second kappa shape index (κ2) is 6.28. The van der Waals surface area contributed by atoms with Crippen molar-refractivity contribution in [3.8, 4) is 0 Å². The fraction of sp³-hybridized carbons (Fsp3) is 0.625. The van der Waals surface area contributed by atoms with Gasteiger partial charge in [0.1, 0.15) is 5.60 Å². The Morgan fingerprint density at radius 2 is 2.14 bits per heavy atom. The van der Waals surface area contributed by atoms with E-state index in [9.17, 15) is 9.59 Å². The van der Waals surface area contributed by atoms with E-state index in [4.69, 9.17) is 4.74 Å². The molecule has 1 aromatic heterocycles. The van der Waals surface area contributed by atoms with Crippen molar-refractivity contribution in [2.24, 2.45) is 5.41 Å². The molecular weight excluding hydrogens is 300 g/mol. The lowest BCUT2D eigenvalue weighted by Gasteiger charge is -2.39. The van der Waals surface area contributed by atoms with E-state index in [2.05, 4.69) is 5.32 Å². The van der Waals surface area contributed by atoms with E-state index in [1.807, 2.05) is 44.5 Å². The number of carbonyl (C=O) groups excluding carboxylic acids is 2. The van der Waals surface area contributed by atoms with Gasteiger partial charge in [0.15, 0.2) is 0 Å². The summed E-state index contributed by atoms with van der Waals surface area (Å²) in [6.07, 6.45) is 1.22. The first-order chi connectivity index (χ1) is 10.2. The van der Waals surface area contributed by atoms with Crippen LogP contribution in [-0.2, 0) is 9.53 Å². The molecule has 22 heavy (non-hydrogen) atoms. The number of rotatable bonds is 2. The average molecular weight is 324 g/mol. The van der Waals surface area contributed by atoms with Crippen molar-refractivity contribution in [2.75, 3.05) is 18.4 Å². The van der Waals surface area contributed by atoms with Gasteiger partial charge in [0.05, 0.1) is 11.1 Å². The summed E-state index contributed by atoms with van der Waals surface area (Å²) in [5, 5.41) is 6.75. The number of nitrogens with zero attached hydrogens (tertiary/aromatic N) is 1. The molecule has 1 unspecified atom stereocenters. The predicted octanol–water partition coefficient (Wildman–Crippen LogP) is 3.72. The van der Waals surface area contributed by atoms with Crippen LogP contribution in [0.1, 0.15) is 40.5 Å². The Morgan fingerprint density at radius 3 is 2.73 bits per heavy atom. The Balaban J connectivity index is 2.01. The van der Waals surface area contributed by atoms with E-state index < -0.39 is 11.0 Å². The second-order valence-corrected chi connectivity index (χ2v) is 7.81. The summed E-state index contributed by atoms with van der Waals surface area (Å²) >= 11 is 1.54. The van der Waals surface area contributed by atoms with Crippen molar-refractivity contribution in [1.29, 1.82) is 0 Å². The third-order valence-electron chi connectivity index (χ3n) is 3.68. The summed E-state index contributed by atoms with van der Waals surface area (Å²) in [5.41, 5.74) is -0.299. The van der Waals surface area contributed by atoms with Crippen LogP contribution >= 0.6 is 11.3 Å². The Morgan fingerprint density at radius 1 is 1.41 bits per heavy atom. The Bertz CT molecular complexity index is 536. The molecule has 0 spiro atoms. The molecule has 1 fully saturated rings. The second-order valence-electron chi connectivity index (χ2n) is 7.03. The van der Waals surface area contributed by atoms with E-state index in [0.717, 1.165) is 18.5 Å². The molecule has 1 atom stereocenters. The smallest absolute Gasteiger partial charge is 0.410 e. The molecule has 1 aliphatic rings. The van der Waals surface area contributed by atoms with Crippen LogP contribution in [0.15, 0.2) is 16.8 Å². The molecule has 0 radical (unpaired) electrons. The number of ether oxygens (including phenoxy) is 1. The Kier molecular flexibility index (Phi) is 4.80. The minimum atomic E-state index is -0.586. The molecular formula is C16H24N2O3S. The summed E-state index contributed by atoms with van der Waals surface area (Å²) in [6.45, 7) is 8.46. The molecule has 0 bridgehead atoms. The van der Waals surface area contributed by atoms with Crippen LogP contribution < -0.4 is 5.32 Å². The van der Waals surface area contributed by atoms with Crippen LogP contribution in [-0.4, -0.2) is 35.6 Å². The first-order valence-corrected chi connectivity index (χ1v) is 8.45. The maximum atomic E-state index is 12.6. The van der Waals surface area contributed by atoms with Gasteiger partial charge in [-0.25, -0.2) is 4.79 Å². The fourth-order valence-corrected chi connectivity index (χ4v) is 3.11. The fourth-order valence-electron chi connectivity index (χ4n) is 2.52. The predicted molar refractivity (Wildman–Crippen MR) is 88.1 cm³/mol. The van der Waals surface area contributed by atoms with Gasteiger partial charge in [0, 0.05) is 18.5 Å².